The van der Waals surface area contributed by atoms with Crippen molar-refractivity contribution in [2.24, 2.45) is 0 Å². The molecule has 6 nitrogen and oxygen atoms in total. The number of hydrogen-bond acceptors (Lipinski definition) is 4. The molecular weight excluding hydrogens is 368 g/mol. The number of nitrogens with zero attached hydrogens (tertiary/aromatic N) is 1. The molecule has 156 valence electrons. The van der Waals surface area contributed by atoms with Gasteiger partial charge in [-0.05, 0) is 56.5 Å². The van der Waals surface area contributed by atoms with Gasteiger partial charge < -0.3 is 24.4 Å². The fourth-order valence-corrected chi connectivity index (χ4v) is 3.82. The molecule has 0 bridgehead atoms. The van der Waals surface area contributed by atoms with Gasteiger partial charge in [0.25, 0.3) is 0 Å². The lowest BCUT2D eigenvalue weighted by atomic mass is 10.0. The van der Waals surface area contributed by atoms with Crippen LogP contribution in [0.25, 0.3) is 0 Å². The van der Waals surface area contributed by atoms with Crippen LogP contribution in [0.2, 0.25) is 0 Å². The minimum atomic E-state index is -0.123. The van der Waals surface area contributed by atoms with Gasteiger partial charge in [0.15, 0.2) is 0 Å². The Kier molecular flexibility index (Phi) is 6.86. The molecule has 1 heterocycles. The van der Waals surface area contributed by atoms with E-state index in [9.17, 15) is 4.79 Å². The molecule has 1 aliphatic heterocycles. The van der Waals surface area contributed by atoms with Crippen molar-refractivity contribution >= 4 is 6.03 Å². The summed E-state index contributed by atoms with van der Waals surface area (Å²) in [6.45, 7) is 5.28. The van der Waals surface area contributed by atoms with Crippen LogP contribution in [0.4, 0.5) is 4.79 Å². The standard InChI is InChI=1S/C23H30N2O4/c1-5-29-19-9-6-8-17(14-19)16(2)24-23(26)25-13-7-10-21(25)20-12-11-18(27-3)15-22(20)28-4/h6,8-9,11-12,14-16,21H,5,7,10,13H2,1-4H3,(H,24,26). The zero-order chi connectivity index (χ0) is 20.8. The molecule has 2 unspecified atom stereocenters. The fraction of sp³-hybridized carbons (Fsp3) is 0.435. The zero-order valence-electron chi connectivity index (χ0n) is 17.6. The molecule has 0 saturated carbocycles. The van der Waals surface area contributed by atoms with Gasteiger partial charge >= 0.3 is 6.03 Å². The highest BCUT2D eigenvalue weighted by atomic mass is 16.5. The Morgan fingerprint density at radius 3 is 2.72 bits per heavy atom. The van der Waals surface area contributed by atoms with E-state index in [0.29, 0.717) is 6.61 Å². The predicted octanol–water partition coefficient (Wildman–Crippen LogP) is 4.71. The molecule has 6 heteroatoms. The molecule has 1 aliphatic rings. The van der Waals surface area contributed by atoms with Gasteiger partial charge in [0.1, 0.15) is 17.2 Å². The van der Waals surface area contributed by atoms with E-state index in [1.807, 2.05) is 61.2 Å². The van der Waals surface area contributed by atoms with Crippen LogP contribution in [0, 0.1) is 0 Å². The largest absolute Gasteiger partial charge is 0.497 e. The summed E-state index contributed by atoms with van der Waals surface area (Å²) in [7, 11) is 3.27. The summed E-state index contributed by atoms with van der Waals surface area (Å²) in [4.78, 5) is 15.0. The SMILES string of the molecule is CCOc1cccc(C(C)NC(=O)N2CCCC2c2ccc(OC)cc2OC)c1. The van der Waals surface area contributed by atoms with E-state index in [4.69, 9.17) is 14.2 Å². The van der Waals surface area contributed by atoms with Crippen molar-refractivity contribution in [1.82, 2.24) is 10.2 Å². The molecule has 0 spiro atoms. The molecule has 2 atom stereocenters. The molecule has 1 fully saturated rings. The Morgan fingerprint density at radius 1 is 1.17 bits per heavy atom. The highest BCUT2D eigenvalue weighted by molar-refractivity contribution is 5.76. The number of urea groups is 1. The van der Waals surface area contributed by atoms with Crippen LogP contribution in [0.15, 0.2) is 42.5 Å². The van der Waals surface area contributed by atoms with Gasteiger partial charge in [-0.25, -0.2) is 4.79 Å². The van der Waals surface area contributed by atoms with Crippen molar-refractivity contribution in [3.8, 4) is 17.2 Å². The Bertz CT molecular complexity index is 839. The minimum absolute atomic E-state index is 0.0159. The molecular formula is C23H30N2O4. The Hall–Kier alpha value is -2.89. The summed E-state index contributed by atoms with van der Waals surface area (Å²) >= 11 is 0. The van der Waals surface area contributed by atoms with Gasteiger partial charge in [-0.2, -0.15) is 0 Å². The first-order valence-corrected chi connectivity index (χ1v) is 10.1. The Morgan fingerprint density at radius 2 is 2.00 bits per heavy atom. The number of rotatable bonds is 7. The molecule has 3 rings (SSSR count). The number of benzene rings is 2. The van der Waals surface area contributed by atoms with Crippen molar-refractivity contribution in [1.29, 1.82) is 0 Å². The van der Waals surface area contributed by atoms with Crippen molar-refractivity contribution in [3.63, 3.8) is 0 Å². The van der Waals surface area contributed by atoms with E-state index in [0.717, 1.165) is 47.8 Å². The third kappa shape index (κ3) is 4.75. The lowest BCUT2D eigenvalue weighted by Crippen LogP contribution is -2.40. The topological polar surface area (TPSA) is 60.0 Å². The smallest absolute Gasteiger partial charge is 0.318 e. The predicted molar refractivity (Wildman–Crippen MR) is 113 cm³/mol. The van der Waals surface area contributed by atoms with Gasteiger partial charge in [0.05, 0.1) is 32.9 Å². The summed E-state index contributed by atoms with van der Waals surface area (Å²) in [5.74, 6) is 2.29. The first-order valence-electron chi connectivity index (χ1n) is 10.1. The van der Waals surface area contributed by atoms with Crippen LogP contribution in [0.1, 0.15) is 49.9 Å². The monoisotopic (exact) mass is 398 g/mol. The Labute approximate surface area is 172 Å². The van der Waals surface area contributed by atoms with E-state index in [1.165, 1.54) is 0 Å². The van der Waals surface area contributed by atoms with Gasteiger partial charge in [-0.1, -0.05) is 12.1 Å². The second kappa shape index (κ2) is 9.54. The maximum absolute atomic E-state index is 13.1. The van der Waals surface area contributed by atoms with Gasteiger partial charge in [0.2, 0.25) is 0 Å². The van der Waals surface area contributed by atoms with E-state index in [-0.39, 0.29) is 18.1 Å². The number of hydrogen-bond donors (Lipinski definition) is 1. The van der Waals surface area contributed by atoms with E-state index < -0.39 is 0 Å². The summed E-state index contributed by atoms with van der Waals surface area (Å²) < 4.78 is 16.4. The first kappa shape index (κ1) is 20.8. The van der Waals surface area contributed by atoms with Gasteiger partial charge in [-0.15, -0.1) is 0 Å². The van der Waals surface area contributed by atoms with E-state index >= 15 is 0 Å². The number of carbonyl (C=O) groups is 1. The van der Waals surface area contributed by atoms with Crippen LogP contribution < -0.4 is 19.5 Å². The number of methoxy groups -OCH3 is 2. The van der Waals surface area contributed by atoms with Crippen LogP contribution in [-0.2, 0) is 0 Å². The lowest BCUT2D eigenvalue weighted by Gasteiger charge is -2.28. The third-order valence-corrected chi connectivity index (χ3v) is 5.32. The average Bonchev–Trinajstić information content (AvgIpc) is 3.23. The van der Waals surface area contributed by atoms with Crippen molar-refractivity contribution in [2.45, 2.75) is 38.8 Å². The number of ether oxygens (including phenoxy) is 3. The van der Waals surface area contributed by atoms with Crippen LogP contribution in [-0.4, -0.2) is 38.3 Å². The fourth-order valence-electron chi connectivity index (χ4n) is 3.82. The quantitative estimate of drug-likeness (QED) is 0.734. The molecule has 0 aliphatic carbocycles. The van der Waals surface area contributed by atoms with Crippen LogP contribution in [0.3, 0.4) is 0 Å². The maximum atomic E-state index is 13.1. The maximum Gasteiger partial charge on any atom is 0.318 e. The molecule has 0 aromatic heterocycles. The third-order valence-electron chi connectivity index (χ3n) is 5.32. The number of likely N-dealkylation sites (tertiary alicyclic amines) is 1. The van der Waals surface area contributed by atoms with Crippen molar-refractivity contribution in [3.05, 3.63) is 53.6 Å². The second-order valence-corrected chi connectivity index (χ2v) is 7.14. The highest BCUT2D eigenvalue weighted by Gasteiger charge is 2.32. The summed E-state index contributed by atoms with van der Waals surface area (Å²) in [6, 6.07) is 13.4. The molecule has 1 N–H and O–H groups in total. The van der Waals surface area contributed by atoms with Crippen LogP contribution >= 0.6 is 0 Å². The van der Waals surface area contributed by atoms with Crippen molar-refractivity contribution in [2.75, 3.05) is 27.4 Å². The lowest BCUT2D eigenvalue weighted by molar-refractivity contribution is 0.189. The molecule has 1 saturated heterocycles. The molecule has 0 radical (unpaired) electrons. The molecule has 2 aromatic carbocycles. The Balaban J connectivity index is 1.74. The second-order valence-electron chi connectivity index (χ2n) is 7.14. The first-order chi connectivity index (χ1) is 14.1. The summed E-state index contributed by atoms with van der Waals surface area (Å²) in [5.41, 5.74) is 2.02. The summed E-state index contributed by atoms with van der Waals surface area (Å²) in [5, 5.41) is 3.13. The normalized spacial score (nSPS) is 17.0. The van der Waals surface area contributed by atoms with Crippen molar-refractivity contribution < 1.29 is 19.0 Å². The van der Waals surface area contributed by atoms with E-state index in [1.54, 1.807) is 14.2 Å². The van der Waals surface area contributed by atoms with Gasteiger partial charge in [0, 0.05) is 18.2 Å². The molecule has 29 heavy (non-hydrogen) atoms. The zero-order valence-corrected chi connectivity index (χ0v) is 17.6. The van der Waals surface area contributed by atoms with Gasteiger partial charge in [-0.3, -0.25) is 0 Å². The number of carbonyl (C=O) groups excluding carboxylic acids is 1. The van der Waals surface area contributed by atoms with Crippen LogP contribution in [0.5, 0.6) is 17.2 Å². The van der Waals surface area contributed by atoms with E-state index in [2.05, 4.69) is 5.32 Å². The minimum Gasteiger partial charge on any atom is -0.497 e. The summed E-state index contributed by atoms with van der Waals surface area (Å²) in [6.07, 6.45) is 1.87. The number of nitrogens with one attached hydrogen (secondary N) is 1. The number of amides is 2. The highest BCUT2D eigenvalue weighted by Crippen LogP contribution is 2.38. The molecule has 2 amide bonds. The average molecular weight is 399 g/mol. The molecule has 2 aromatic rings.